The van der Waals surface area contributed by atoms with Crippen LogP contribution in [-0.2, 0) is 6.54 Å². The Morgan fingerprint density at radius 1 is 0.939 bits per heavy atom. The van der Waals surface area contributed by atoms with Crippen molar-refractivity contribution < 1.29 is 9.15 Å². The normalized spacial score (nSPS) is 11.2. The number of rotatable bonds is 6. The van der Waals surface area contributed by atoms with Crippen LogP contribution in [0.25, 0.3) is 34.1 Å². The van der Waals surface area contributed by atoms with E-state index in [1.165, 1.54) is 0 Å². The standard InChI is InChI=1S/C24H17N7O2/c1-2-5-18(6-3-1)33-20-8-4-7-19-21(20)31(23(26-19)24-25-13-14-32-24)15-16-9-11-17(12-10-16)22-27-29-30-28-22/h1-14H,15H2,(H,27,28,29,30). The molecule has 0 bridgehead atoms. The minimum atomic E-state index is 0.445. The lowest BCUT2D eigenvalue weighted by Crippen LogP contribution is -2.03. The fourth-order valence-electron chi connectivity index (χ4n) is 3.73. The molecule has 0 fully saturated rings. The number of hydrogen-bond acceptors (Lipinski definition) is 7. The van der Waals surface area contributed by atoms with Crippen molar-refractivity contribution in [1.29, 1.82) is 0 Å². The maximum absolute atomic E-state index is 6.23. The van der Waals surface area contributed by atoms with Crippen molar-refractivity contribution in [2.75, 3.05) is 0 Å². The van der Waals surface area contributed by atoms with Crippen molar-refractivity contribution >= 4 is 11.0 Å². The molecule has 6 aromatic rings. The van der Waals surface area contributed by atoms with Crippen LogP contribution in [0.4, 0.5) is 0 Å². The van der Waals surface area contributed by atoms with Crippen molar-refractivity contribution in [3.63, 3.8) is 0 Å². The third-order valence-corrected chi connectivity index (χ3v) is 5.22. The highest BCUT2D eigenvalue weighted by molar-refractivity contribution is 5.85. The lowest BCUT2D eigenvalue weighted by Gasteiger charge is -2.12. The molecule has 0 aliphatic heterocycles. The van der Waals surface area contributed by atoms with Crippen LogP contribution in [0.1, 0.15) is 5.56 Å². The molecule has 9 heteroatoms. The Bertz CT molecular complexity index is 1490. The van der Waals surface area contributed by atoms with Gasteiger partial charge in [-0.15, -0.1) is 10.2 Å². The second-order valence-corrected chi connectivity index (χ2v) is 7.33. The van der Waals surface area contributed by atoms with E-state index in [2.05, 4.69) is 30.2 Å². The molecule has 0 aliphatic rings. The third kappa shape index (κ3) is 3.61. The Hall–Kier alpha value is -4.79. The first-order valence-electron chi connectivity index (χ1n) is 10.3. The summed E-state index contributed by atoms with van der Waals surface area (Å²) in [4.78, 5) is 9.13. The Morgan fingerprint density at radius 2 is 1.82 bits per heavy atom. The summed E-state index contributed by atoms with van der Waals surface area (Å²) in [7, 11) is 0. The topological polar surface area (TPSA) is 108 Å². The summed E-state index contributed by atoms with van der Waals surface area (Å²) in [6.07, 6.45) is 3.15. The van der Waals surface area contributed by atoms with E-state index in [1.807, 2.05) is 72.8 Å². The molecular formula is C24H17N7O2. The van der Waals surface area contributed by atoms with Crippen LogP contribution in [0.3, 0.4) is 0 Å². The molecule has 0 spiro atoms. The van der Waals surface area contributed by atoms with Crippen LogP contribution >= 0.6 is 0 Å². The van der Waals surface area contributed by atoms with Gasteiger partial charge in [-0.3, -0.25) is 0 Å². The molecule has 3 aromatic heterocycles. The van der Waals surface area contributed by atoms with Crippen molar-refractivity contribution in [1.82, 2.24) is 35.2 Å². The summed E-state index contributed by atoms with van der Waals surface area (Å²) in [6.45, 7) is 0.538. The largest absolute Gasteiger partial charge is 0.455 e. The number of hydrogen-bond donors (Lipinski definition) is 1. The van der Waals surface area contributed by atoms with Gasteiger partial charge in [0.1, 0.15) is 17.5 Å². The Balaban J connectivity index is 1.45. The molecule has 6 rings (SSSR count). The first kappa shape index (κ1) is 18.9. The first-order valence-corrected chi connectivity index (χ1v) is 10.3. The van der Waals surface area contributed by atoms with Crippen molar-refractivity contribution in [2.24, 2.45) is 0 Å². The smallest absolute Gasteiger partial charge is 0.263 e. The molecular weight excluding hydrogens is 418 g/mol. The number of ether oxygens (including phenoxy) is 1. The number of imidazole rings is 1. The van der Waals surface area contributed by atoms with Crippen molar-refractivity contribution in [2.45, 2.75) is 6.54 Å². The molecule has 0 aliphatic carbocycles. The highest BCUT2D eigenvalue weighted by Crippen LogP contribution is 2.34. The fraction of sp³-hybridized carbons (Fsp3) is 0.0417. The van der Waals surface area contributed by atoms with Crippen LogP contribution in [0, 0.1) is 0 Å². The maximum Gasteiger partial charge on any atom is 0.263 e. The molecule has 3 heterocycles. The predicted molar refractivity (Wildman–Crippen MR) is 120 cm³/mol. The number of nitrogens with zero attached hydrogens (tertiary/aromatic N) is 6. The number of tetrazole rings is 1. The van der Waals surface area contributed by atoms with Gasteiger partial charge in [0, 0.05) is 12.1 Å². The minimum absolute atomic E-state index is 0.445. The number of oxazole rings is 1. The number of fused-ring (bicyclic) bond motifs is 1. The summed E-state index contributed by atoms with van der Waals surface area (Å²) in [5.41, 5.74) is 3.59. The van der Waals surface area contributed by atoms with E-state index in [-0.39, 0.29) is 0 Å². The van der Waals surface area contributed by atoms with Gasteiger partial charge in [-0.05, 0) is 35.0 Å². The van der Waals surface area contributed by atoms with Crippen LogP contribution in [0.15, 0.2) is 89.7 Å². The zero-order valence-corrected chi connectivity index (χ0v) is 17.3. The van der Waals surface area contributed by atoms with E-state index in [0.29, 0.717) is 29.8 Å². The van der Waals surface area contributed by atoms with E-state index in [0.717, 1.165) is 27.9 Å². The Morgan fingerprint density at radius 3 is 2.58 bits per heavy atom. The summed E-state index contributed by atoms with van der Waals surface area (Å²) in [5, 5.41) is 14.2. The second-order valence-electron chi connectivity index (χ2n) is 7.33. The van der Waals surface area contributed by atoms with Gasteiger partial charge in [-0.2, -0.15) is 5.21 Å². The molecule has 160 valence electrons. The molecule has 9 nitrogen and oxygen atoms in total. The maximum atomic E-state index is 6.23. The number of nitrogens with one attached hydrogen (secondary N) is 1. The average molecular weight is 435 g/mol. The molecule has 3 aromatic carbocycles. The summed E-state index contributed by atoms with van der Waals surface area (Å²) >= 11 is 0. The summed E-state index contributed by atoms with van der Waals surface area (Å²) in [6, 6.07) is 23.5. The lowest BCUT2D eigenvalue weighted by molar-refractivity contribution is 0.485. The van der Waals surface area contributed by atoms with Crippen molar-refractivity contribution in [3.8, 4) is 34.6 Å². The number of aromatic amines is 1. The van der Waals surface area contributed by atoms with E-state index in [9.17, 15) is 0 Å². The SMILES string of the molecule is c1ccc(Oc2cccc3nc(-c4ncco4)n(Cc4ccc(-c5nn[nH]n5)cc4)c23)cc1. The van der Waals surface area contributed by atoms with E-state index < -0.39 is 0 Å². The van der Waals surface area contributed by atoms with E-state index in [1.54, 1.807) is 12.5 Å². The zero-order valence-electron chi connectivity index (χ0n) is 17.3. The monoisotopic (exact) mass is 435 g/mol. The molecule has 0 radical (unpaired) electrons. The van der Waals surface area contributed by atoms with Gasteiger partial charge in [0.25, 0.3) is 5.89 Å². The molecule has 0 saturated heterocycles. The van der Waals surface area contributed by atoms with Gasteiger partial charge in [0.2, 0.25) is 5.82 Å². The van der Waals surface area contributed by atoms with Crippen LogP contribution in [0.5, 0.6) is 11.5 Å². The van der Waals surface area contributed by atoms with Gasteiger partial charge in [-0.25, -0.2) is 9.97 Å². The number of aromatic nitrogens is 7. The third-order valence-electron chi connectivity index (χ3n) is 5.22. The number of para-hydroxylation sites is 2. The Labute approximate surface area is 187 Å². The molecule has 0 atom stereocenters. The molecule has 33 heavy (non-hydrogen) atoms. The highest BCUT2D eigenvalue weighted by atomic mass is 16.5. The average Bonchev–Trinajstić information content (AvgIpc) is 3.62. The minimum Gasteiger partial charge on any atom is -0.455 e. The van der Waals surface area contributed by atoms with Crippen LogP contribution in [-0.4, -0.2) is 35.2 Å². The zero-order chi connectivity index (χ0) is 22.0. The first-order chi connectivity index (χ1) is 16.3. The van der Waals surface area contributed by atoms with E-state index in [4.69, 9.17) is 14.1 Å². The van der Waals surface area contributed by atoms with Gasteiger partial charge in [-0.1, -0.05) is 48.5 Å². The van der Waals surface area contributed by atoms with Crippen LogP contribution in [0.2, 0.25) is 0 Å². The van der Waals surface area contributed by atoms with Gasteiger partial charge in [0.15, 0.2) is 11.6 Å². The van der Waals surface area contributed by atoms with Gasteiger partial charge in [0.05, 0.1) is 11.7 Å². The van der Waals surface area contributed by atoms with E-state index >= 15 is 0 Å². The van der Waals surface area contributed by atoms with Crippen LogP contribution < -0.4 is 4.74 Å². The lowest BCUT2D eigenvalue weighted by atomic mass is 10.1. The summed E-state index contributed by atoms with van der Waals surface area (Å²) in [5.74, 6) is 3.07. The molecule has 0 saturated carbocycles. The quantitative estimate of drug-likeness (QED) is 0.404. The van der Waals surface area contributed by atoms with Gasteiger partial charge < -0.3 is 13.7 Å². The fourth-order valence-corrected chi connectivity index (χ4v) is 3.73. The number of H-pyrrole nitrogens is 1. The predicted octanol–water partition coefficient (Wildman–Crippen LogP) is 4.71. The summed E-state index contributed by atoms with van der Waals surface area (Å²) < 4.78 is 13.9. The number of benzene rings is 3. The molecule has 0 unspecified atom stereocenters. The Kier molecular flexibility index (Phi) is 4.62. The molecule has 1 N–H and O–H groups in total. The molecule has 0 amide bonds. The van der Waals surface area contributed by atoms with Crippen molar-refractivity contribution in [3.05, 3.63) is 90.8 Å². The highest BCUT2D eigenvalue weighted by Gasteiger charge is 2.20. The second kappa shape index (κ2) is 8.04. The van der Waals surface area contributed by atoms with Gasteiger partial charge >= 0.3 is 0 Å².